The van der Waals surface area contributed by atoms with Crippen LogP contribution in [0.25, 0.3) is 21.8 Å². The van der Waals surface area contributed by atoms with Crippen LogP contribution in [0, 0.1) is 0 Å². The van der Waals surface area contributed by atoms with Crippen molar-refractivity contribution in [3.05, 3.63) is 81.1 Å². The van der Waals surface area contributed by atoms with Crippen molar-refractivity contribution in [2.75, 3.05) is 12.0 Å². The Labute approximate surface area is 191 Å². The number of nitrogens with one attached hydrogen (secondary N) is 3. The zero-order chi connectivity index (χ0) is 23.5. The SMILES string of the molecule is CSCC(NC(=O)C(Cc1c[nH]c2ccccc12)n1c(=O)[nH]c2ccccc2c1=O)C(=O)O. The van der Waals surface area contributed by atoms with Gasteiger partial charge in [0.1, 0.15) is 12.1 Å². The number of carboxylic acids is 1. The summed E-state index contributed by atoms with van der Waals surface area (Å²) in [5.74, 6) is -1.77. The van der Waals surface area contributed by atoms with E-state index in [-0.39, 0.29) is 17.6 Å². The first-order valence-electron chi connectivity index (χ1n) is 10.2. The van der Waals surface area contributed by atoms with Crippen LogP contribution >= 0.6 is 11.8 Å². The monoisotopic (exact) mass is 466 g/mol. The van der Waals surface area contributed by atoms with Crippen molar-refractivity contribution in [2.24, 2.45) is 0 Å². The van der Waals surface area contributed by atoms with Gasteiger partial charge < -0.3 is 20.4 Å². The minimum atomic E-state index is -1.26. The zero-order valence-electron chi connectivity index (χ0n) is 17.7. The predicted octanol–water partition coefficient (Wildman–Crippen LogP) is 1.89. The summed E-state index contributed by atoms with van der Waals surface area (Å²) in [7, 11) is 0. The van der Waals surface area contributed by atoms with E-state index in [4.69, 9.17) is 0 Å². The molecule has 0 aliphatic rings. The molecular weight excluding hydrogens is 444 g/mol. The number of nitrogens with zero attached hydrogens (tertiary/aromatic N) is 1. The standard InChI is InChI=1S/C23H22N4O5S/c1-33-12-18(22(30)31)25-20(28)19(10-13-11-24-16-8-4-2-6-14(13)16)27-21(29)15-7-3-5-9-17(15)26-23(27)32/h2-9,11,18-19,24H,10,12H2,1H3,(H,25,28)(H,26,32)(H,30,31). The smallest absolute Gasteiger partial charge is 0.329 e. The number of benzene rings is 2. The van der Waals surface area contributed by atoms with Gasteiger partial charge in [-0.2, -0.15) is 11.8 Å². The van der Waals surface area contributed by atoms with Crippen LogP contribution in [-0.4, -0.2) is 49.6 Å². The van der Waals surface area contributed by atoms with Crippen molar-refractivity contribution >= 4 is 45.4 Å². The number of carbonyl (C=O) groups excluding carboxylic acids is 1. The van der Waals surface area contributed by atoms with E-state index in [0.29, 0.717) is 5.52 Å². The third-order valence-electron chi connectivity index (χ3n) is 5.49. The number of para-hydroxylation sites is 2. The number of hydrogen-bond acceptors (Lipinski definition) is 5. The van der Waals surface area contributed by atoms with Crippen LogP contribution < -0.4 is 16.6 Å². The van der Waals surface area contributed by atoms with Crippen LogP contribution in [0.1, 0.15) is 11.6 Å². The van der Waals surface area contributed by atoms with Gasteiger partial charge in [0.25, 0.3) is 5.56 Å². The quantitative estimate of drug-likeness (QED) is 0.313. The number of H-pyrrole nitrogens is 2. The van der Waals surface area contributed by atoms with Gasteiger partial charge in [-0.25, -0.2) is 14.2 Å². The first kappa shape index (κ1) is 22.4. The molecule has 33 heavy (non-hydrogen) atoms. The number of aliphatic carboxylic acids is 1. The molecule has 0 aliphatic carbocycles. The Hall–Kier alpha value is -3.79. The molecule has 0 saturated heterocycles. The number of thioether (sulfide) groups is 1. The van der Waals surface area contributed by atoms with Gasteiger partial charge in [0.2, 0.25) is 5.91 Å². The Morgan fingerprint density at radius 2 is 1.73 bits per heavy atom. The van der Waals surface area contributed by atoms with Gasteiger partial charge in [-0.1, -0.05) is 30.3 Å². The lowest BCUT2D eigenvalue weighted by atomic mass is 10.0. The van der Waals surface area contributed by atoms with Crippen molar-refractivity contribution in [3.63, 3.8) is 0 Å². The number of aromatic nitrogens is 3. The topological polar surface area (TPSA) is 137 Å². The Kier molecular flexibility index (Phi) is 6.36. The normalized spacial score (nSPS) is 13.1. The van der Waals surface area contributed by atoms with E-state index in [1.165, 1.54) is 11.8 Å². The van der Waals surface area contributed by atoms with Crippen LogP contribution in [-0.2, 0) is 16.0 Å². The summed E-state index contributed by atoms with van der Waals surface area (Å²) < 4.78 is 0.872. The Morgan fingerprint density at radius 1 is 1.06 bits per heavy atom. The average Bonchev–Trinajstić information content (AvgIpc) is 3.21. The molecule has 4 rings (SSSR count). The first-order valence-corrected chi connectivity index (χ1v) is 11.6. The minimum absolute atomic E-state index is 0.0166. The third kappa shape index (κ3) is 4.42. The van der Waals surface area contributed by atoms with E-state index in [0.717, 1.165) is 21.0 Å². The maximum Gasteiger partial charge on any atom is 0.329 e. The highest BCUT2D eigenvalue weighted by molar-refractivity contribution is 7.98. The summed E-state index contributed by atoms with van der Waals surface area (Å²) in [5, 5.41) is 13.1. The fraction of sp³-hybridized carbons (Fsp3) is 0.217. The fourth-order valence-corrected chi connectivity index (χ4v) is 4.44. The van der Waals surface area contributed by atoms with E-state index in [2.05, 4.69) is 15.3 Å². The van der Waals surface area contributed by atoms with Gasteiger partial charge in [-0.3, -0.25) is 9.59 Å². The number of hydrogen-bond donors (Lipinski definition) is 4. The van der Waals surface area contributed by atoms with Crippen LogP contribution in [0.2, 0.25) is 0 Å². The molecule has 0 radical (unpaired) electrons. The van der Waals surface area contributed by atoms with Crippen LogP contribution in [0.5, 0.6) is 0 Å². The Bertz CT molecular complexity index is 1450. The first-order chi connectivity index (χ1) is 15.9. The number of fused-ring (bicyclic) bond motifs is 2. The molecule has 170 valence electrons. The third-order valence-corrected chi connectivity index (χ3v) is 6.15. The summed E-state index contributed by atoms with van der Waals surface area (Å²) in [5.41, 5.74) is 0.571. The summed E-state index contributed by atoms with van der Waals surface area (Å²) in [6.07, 6.45) is 3.47. The van der Waals surface area contributed by atoms with Crippen molar-refractivity contribution in [1.82, 2.24) is 19.9 Å². The lowest BCUT2D eigenvalue weighted by molar-refractivity contribution is -0.141. The molecule has 2 unspecified atom stereocenters. The van der Waals surface area contributed by atoms with E-state index in [1.807, 2.05) is 24.3 Å². The number of carbonyl (C=O) groups is 2. The fourth-order valence-electron chi connectivity index (χ4n) is 3.88. The lowest BCUT2D eigenvalue weighted by Crippen LogP contribution is -2.50. The second-order valence-corrected chi connectivity index (χ2v) is 8.50. The molecule has 0 aliphatic heterocycles. The number of amides is 1. The molecule has 10 heteroatoms. The molecule has 0 saturated carbocycles. The van der Waals surface area contributed by atoms with Crippen molar-refractivity contribution in [1.29, 1.82) is 0 Å². The summed E-state index contributed by atoms with van der Waals surface area (Å²) in [6.45, 7) is 0. The van der Waals surface area contributed by atoms with Crippen LogP contribution in [0.15, 0.2) is 64.3 Å². The van der Waals surface area contributed by atoms with Gasteiger partial charge in [-0.15, -0.1) is 0 Å². The van der Waals surface area contributed by atoms with Gasteiger partial charge >= 0.3 is 11.7 Å². The summed E-state index contributed by atoms with van der Waals surface area (Å²) in [4.78, 5) is 56.9. The highest BCUT2D eigenvalue weighted by Gasteiger charge is 2.30. The molecule has 0 bridgehead atoms. The summed E-state index contributed by atoms with van der Waals surface area (Å²) >= 11 is 1.27. The lowest BCUT2D eigenvalue weighted by Gasteiger charge is -2.21. The molecule has 0 spiro atoms. The van der Waals surface area contributed by atoms with Gasteiger partial charge in [-0.05, 0) is 30.0 Å². The van der Waals surface area contributed by atoms with Crippen LogP contribution in [0.4, 0.5) is 0 Å². The number of rotatable bonds is 8. The summed E-state index contributed by atoms with van der Waals surface area (Å²) in [6, 6.07) is 11.6. The Morgan fingerprint density at radius 3 is 2.42 bits per heavy atom. The van der Waals surface area contributed by atoms with Crippen LogP contribution in [0.3, 0.4) is 0 Å². The van der Waals surface area contributed by atoms with Crippen molar-refractivity contribution in [2.45, 2.75) is 18.5 Å². The van der Waals surface area contributed by atoms with Crippen molar-refractivity contribution in [3.8, 4) is 0 Å². The van der Waals surface area contributed by atoms with E-state index < -0.39 is 35.2 Å². The van der Waals surface area contributed by atoms with Crippen molar-refractivity contribution < 1.29 is 14.7 Å². The maximum absolute atomic E-state index is 13.3. The highest BCUT2D eigenvalue weighted by Crippen LogP contribution is 2.22. The molecule has 0 fully saturated rings. The number of aromatic amines is 2. The predicted molar refractivity (Wildman–Crippen MR) is 128 cm³/mol. The molecule has 1 amide bonds. The zero-order valence-corrected chi connectivity index (χ0v) is 18.5. The molecule has 2 aromatic carbocycles. The van der Waals surface area contributed by atoms with E-state index >= 15 is 0 Å². The average molecular weight is 467 g/mol. The maximum atomic E-state index is 13.3. The molecule has 4 aromatic rings. The second kappa shape index (κ2) is 9.37. The molecule has 2 aromatic heterocycles. The Balaban J connectivity index is 1.83. The van der Waals surface area contributed by atoms with Gasteiger partial charge in [0.05, 0.1) is 10.9 Å². The van der Waals surface area contributed by atoms with E-state index in [9.17, 15) is 24.3 Å². The number of carboxylic acid groups (broad SMARTS) is 1. The van der Waals surface area contributed by atoms with Gasteiger partial charge in [0.15, 0.2) is 0 Å². The largest absolute Gasteiger partial charge is 0.480 e. The molecule has 4 N–H and O–H groups in total. The van der Waals surface area contributed by atoms with Gasteiger partial charge in [0, 0.05) is 29.3 Å². The molecule has 2 atom stereocenters. The minimum Gasteiger partial charge on any atom is -0.480 e. The highest BCUT2D eigenvalue weighted by atomic mass is 32.2. The molecule has 2 heterocycles. The molecular formula is C23H22N4O5S. The second-order valence-electron chi connectivity index (χ2n) is 7.59. The van der Waals surface area contributed by atoms with E-state index in [1.54, 1.807) is 36.7 Å². The molecule has 9 nitrogen and oxygen atoms in total.